The second-order valence-electron chi connectivity index (χ2n) is 17.0. The smallest absolute Gasteiger partial charge is 0.246 e. The summed E-state index contributed by atoms with van der Waals surface area (Å²) in [6.45, 7) is 14.4. The zero-order valence-electron chi connectivity index (χ0n) is 36.6. The van der Waals surface area contributed by atoms with Crippen LogP contribution in [0.3, 0.4) is 0 Å². The summed E-state index contributed by atoms with van der Waals surface area (Å²) in [6.07, 6.45) is 8.82. The number of aliphatic hydroxyl groups excluding tert-OH is 1. The third-order valence-corrected chi connectivity index (χ3v) is 10.1. The SMILES string of the molecule is CCCCCCCC[C@H](NC(=O)[C@@H]1CCCN1C(=O)CCCCC)C(=O)N[C@H](C(=O)NC(C)(C)C(=O)NC(C)(C)C(=O)NCCC(=O)N[C@@H](C)CN(C)C)[C@@H](C)O. The number of nitrogens with one attached hydrogen (secondary N) is 6. The van der Waals surface area contributed by atoms with E-state index in [1.54, 1.807) is 4.90 Å². The standard InChI is InChI=1S/C41H76N8O8/c1-11-13-15-16-17-19-21-30(44-36(54)31-22-20-26-49(31)33(52)23-18-14-12-2)35(53)45-34(29(4)50)37(55)46-41(7,8)39(57)47-40(5,6)38(56)42-25-24-32(51)43-28(3)27-48(9)10/h28-31,34,50H,11-27H2,1-10H3,(H,42,56)(H,43,51)(H,44,54)(H,45,53)(H,46,55)(H,47,57)/t28-,29+,30-,31-,34-/m0/s1. The van der Waals surface area contributed by atoms with E-state index < -0.39 is 64.8 Å². The highest BCUT2D eigenvalue weighted by Crippen LogP contribution is 2.20. The van der Waals surface area contributed by atoms with Crippen molar-refractivity contribution < 1.29 is 38.7 Å². The molecule has 57 heavy (non-hydrogen) atoms. The Morgan fingerprint density at radius 1 is 0.754 bits per heavy atom. The largest absolute Gasteiger partial charge is 0.391 e. The molecule has 1 saturated heterocycles. The van der Waals surface area contributed by atoms with Gasteiger partial charge in [0.2, 0.25) is 41.4 Å². The molecule has 16 heteroatoms. The van der Waals surface area contributed by atoms with Crippen LogP contribution in [0, 0.1) is 0 Å². The molecular weight excluding hydrogens is 732 g/mol. The Kier molecular flexibility index (Phi) is 23.0. The number of aliphatic hydroxyl groups is 1. The minimum absolute atomic E-state index is 0.0445. The van der Waals surface area contributed by atoms with Gasteiger partial charge in [0, 0.05) is 38.5 Å². The van der Waals surface area contributed by atoms with Crippen LogP contribution in [0.25, 0.3) is 0 Å². The van der Waals surface area contributed by atoms with Crippen molar-refractivity contribution in [3.05, 3.63) is 0 Å². The van der Waals surface area contributed by atoms with E-state index in [1.165, 1.54) is 34.6 Å². The predicted octanol–water partition coefficient (Wildman–Crippen LogP) is 2.02. The van der Waals surface area contributed by atoms with Crippen LogP contribution in [0.1, 0.15) is 145 Å². The third-order valence-electron chi connectivity index (χ3n) is 10.1. The minimum atomic E-state index is -1.60. The molecule has 0 aromatic carbocycles. The molecule has 328 valence electrons. The lowest BCUT2D eigenvalue weighted by molar-refractivity contribution is -0.141. The highest BCUT2D eigenvalue weighted by Gasteiger charge is 2.40. The lowest BCUT2D eigenvalue weighted by atomic mass is 9.98. The van der Waals surface area contributed by atoms with E-state index in [9.17, 15) is 38.7 Å². The van der Waals surface area contributed by atoms with Crippen molar-refractivity contribution in [2.75, 3.05) is 33.7 Å². The number of unbranched alkanes of at least 4 members (excludes halogenated alkanes) is 7. The summed E-state index contributed by atoms with van der Waals surface area (Å²) < 4.78 is 0. The van der Waals surface area contributed by atoms with Gasteiger partial charge in [-0.05, 0) is 81.3 Å². The maximum Gasteiger partial charge on any atom is 0.246 e. The number of carbonyl (C=O) groups excluding carboxylic acids is 7. The molecule has 0 spiro atoms. The Bertz CT molecular complexity index is 1320. The zero-order valence-corrected chi connectivity index (χ0v) is 36.6. The van der Waals surface area contributed by atoms with Gasteiger partial charge in [-0.2, -0.15) is 0 Å². The molecule has 7 N–H and O–H groups in total. The molecule has 1 aliphatic heterocycles. The average Bonchev–Trinajstić information content (AvgIpc) is 3.61. The molecule has 0 bridgehead atoms. The fraction of sp³-hybridized carbons (Fsp3) is 0.829. The minimum Gasteiger partial charge on any atom is -0.391 e. The second-order valence-corrected chi connectivity index (χ2v) is 17.0. The summed E-state index contributed by atoms with van der Waals surface area (Å²) in [7, 11) is 3.80. The van der Waals surface area contributed by atoms with Crippen LogP contribution in [0.15, 0.2) is 0 Å². The van der Waals surface area contributed by atoms with Gasteiger partial charge in [0.05, 0.1) is 6.10 Å². The average molecular weight is 809 g/mol. The van der Waals surface area contributed by atoms with E-state index in [2.05, 4.69) is 45.7 Å². The monoisotopic (exact) mass is 809 g/mol. The topological polar surface area (TPSA) is 218 Å². The zero-order chi connectivity index (χ0) is 43.3. The van der Waals surface area contributed by atoms with Gasteiger partial charge in [0.15, 0.2) is 0 Å². The van der Waals surface area contributed by atoms with Crippen molar-refractivity contribution in [1.29, 1.82) is 0 Å². The fourth-order valence-corrected chi connectivity index (χ4v) is 6.72. The van der Waals surface area contributed by atoms with Crippen molar-refractivity contribution in [2.45, 2.75) is 187 Å². The number of likely N-dealkylation sites (tertiary alicyclic amines) is 1. The molecule has 0 aromatic rings. The van der Waals surface area contributed by atoms with Crippen LogP contribution in [-0.4, -0.2) is 131 Å². The van der Waals surface area contributed by atoms with Gasteiger partial charge in [-0.15, -0.1) is 0 Å². The van der Waals surface area contributed by atoms with Crippen LogP contribution < -0.4 is 31.9 Å². The van der Waals surface area contributed by atoms with Crippen LogP contribution in [0.2, 0.25) is 0 Å². The number of hydrogen-bond donors (Lipinski definition) is 7. The second kappa shape index (κ2) is 25.5. The van der Waals surface area contributed by atoms with Crippen LogP contribution in [0.5, 0.6) is 0 Å². The molecular formula is C41H76N8O8. The number of amides is 7. The van der Waals surface area contributed by atoms with Gasteiger partial charge in [-0.25, -0.2) is 0 Å². The Labute approximate surface area is 341 Å². The van der Waals surface area contributed by atoms with Crippen molar-refractivity contribution in [3.8, 4) is 0 Å². The Hall–Kier alpha value is -3.79. The lowest BCUT2D eigenvalue weighted by Gasteiger charge is -2.33. The molecule has 1 fully saturated rings. The van der Waals surface area contributed by atoms with Gasteiger partial charge in [-0.1, -0.05) is 65.2 Å². The number of nitrogens with zero attached hydrogens (tertiary/aromatic N) is 2. The predicted molar refractivity (Wildman–Crippen MR) is 221 cm³/mol. The first kappa shape index (κ1) is 51.2. The molecule has 1 aliphatic rings. The van der Waals surface area contributed by atoms with E-state index in [4.69, 9.17) is 0 Å². The molecule has 0 radical (unpaired) electrons. The molecule has 7 amide bonds. The molecule has 5 atom stereocenters. The van der Waals surface area contributed by atoms with Crippen LogP contribution in [-0.2, 0) is 33.6 Å². The van der Waals surface area contributed by atoms with E-state index in [1.807, 2.05) is 25.9 Å². The van der Waals surface area contributed by atoms with Gasteiger partial charge >= 0.3 is 0 Å². The first-order valence-electron chi connectivity index (χ1n) is 21.1. The number of hydrogen-bond acceptors (Lipinski definition) is 9. The van der Waals surface area contributed by atoms with Crippen LogP contribution >= 0.6 is 0 Å². The van der Waals surface area contributed by atoms with Gasteiger partial charge in [0.25, 0.3) is 0 Å². The first-order chi connectivity index (χ1) is 26.7. The third kappa shape index (κ3) is 19.0. The van der Waals surface area contributed by atoms with Crippen molar-refractivity contribution in [3.63, 3.8) is 0 Å². The van der Waals surface area contributed by atoms with E-state index in [0.29, 0.717) is 45.2 Å². The molecule has 16 nitrogen and oxygen atoms in total. The van der Waals surface area contributed by atoms with Crippen molar-refractivity contribution >= 4 is 41.4 Å². The first-order valence-corrected chi connectivity index (χ1v) is 21.1. The molecule has 1 rings (SSSR count). The molecule has 1 heterocycles. The van der Waals surface area contributed by atoms with E-state index >= 15 is 0 Å². The number of carbonyl (C=O) groups is 7. The molecule has 0 aromatic heterocycles. The summed E-state index contributed by atoms with van der Waals surface area (Å²) in [4.78, 5) is 96.3. The van der Waals surface area contributed by atoms with E-state index in [-0.39, 0.29) is 30.8 Å². The highest BCUT2D eigenvalue weighted by atomic mass is 16.3. The quantitative estimate of drug-likeness (QED) is 0.0604. The summed E-state index contributed by atoms with van der Waals surface area (Å²) in [5.74, 6) is -3.50. The number of rotatable bonds is 27. The summed E-state index contributed by atoms with van der Waals surface area (Å²) in [5.41, 5.74) is -3.03. The summed E-state index contributed by atoms with van der Waals surface area (Å²) in [6, 6.07) is -3.28. The lowest BCUT2D eigenvalue weighted by Crippen LogP contribution is -2.66. The molecule has 0 aliphatic carbocycles. The maximum absolute atomic E-state index is 13.8. The molecule has 0 unspecified atom stereocenters. The number of likely N-dealkylation sites (N-methyl/N-ethyl adjacent to an activating group) is 1. The summed E-state index contributed by atoms with van der Waals surface area (Å²) in [5, 5.41) is 26.9. The van der Waals surface area contributed by atoms with Crippen molar-refractivity contribution in [1.82, 2.24) is 41.7 Å². The van der Waals surface area contributed by atoms with Gasteiger partial charge in [-0.3, -0.25) is 33.6 Å². The van der Waals surface area contributed by atoms with Gasteiger partial charge < -0.3 is 46.8 Å². The van der Waals surface area contributed by atoms with Crippen molar-refractivity contribution in [2.24, 2.45) is 0 Å². The fourth-order valence-electron chi connectivity index (χ4n) is 6.72. The Balaban J connectivity index is 2.98. The Morgan fingerprint density at radius 3 is 1.96 bits per heavy atom. The normalized spacial score (nSPS) is 16.6. The Morgan fingerprint density at radius 2 is 1.35 bits per heavy atom. The summed E-state index contributed by atoms with van der Waals surface area (Å²) >= 11 is 0. The maximum atomic E-state index is 13.8. The highest BCUT2D eigenvalue weighted by molar-refractivity contribution is 5.98. The van der Waals surface area contributed by atoms with E-state index in [0.717, 1.165) is 51.4 Å². The van der Waals surface area contributed by atoms with Gasteiger partial charge in [0.1, 0.15) is 29.2 Å². The molecule has 0 saturated carbocycles. The van der Waals surface area contributed by atoms with Crippen LogP contribution in [0.4, 0.5) is 0 Å².